The van der Waals surface area contributed by atoms with Gasteiger partial charge in [-0.3, -0.25) is 4.79 Å². The van der Waals surface area contributed by atoms with Gasteiger partial charge in [0.05, 0.1) is 23.7 Å². The zero-order valence-electron chi connectivity index (χ0n) is 11.6. The van der Waals surface area contributed by atoms with Gasteiger partial charge in [-0.25, -0.2) is 9.37 Å². The van der Waals surface area contributed by atoms with Crippen molar-refractivity contribution in [3.8, 4) is 5.75 Å². The SMILES string of the molecule is Cc1nc(CCOc2ccccc2F)sc1CCC(=O)O. The maximum atomic E-state index is 13.4. The lowest BCUT2D eigenvalue weighted by atomic mass is 10.2. The number of hydrogen-bond acceptors (Lipinski definition) is 4. The van der Waals surface area contributed by atoms with Gasteiger partial charge in [-0.1, -0.05) is 12.1 Å². The third-order valence-corrected chi connectivity index (χ3v) is 4.19. The molecule has 0 aliphatic rings. The molecule has 0 amide bonds. The van der Waals surface area contributed by atoms with E-state index in [1.165, 1.54) is 17.4 Å². The Morgan fingerprint density at radius 1 is 1.38 bits per heavy atom. The molecule has 0 radical (unpaired) electrons. The highest BCUT2D eigenvalue weighted by molar-refractivity contribution is 7.11. The van der Waals surface area contributed by atoms with E-state index in [1.54, 1.807) is 18.2 Å². The van der Waals surface area contributed by atoms with Gasteiger partial charge in [0.25, 0.3) is 0 Å². The minimum absolute atomic E-state index is 0.105. The number of para-hydroxylation sites is 1. The number of aryl methyl sites for hydroxylation is 2. The summed E-state index contributed by atoms with van der Waals surface area (Å²) in [4.78, 5) is 16.0. The van der Waals surface area contributed by atoms with E-state index in [1.807, 2.05) is 6.92 Å². The molecule has 0 aliphatic carbocycles. The summed E-state index contributed by atoms with van der Waals surface area (Å²) in [6.07, 6.45) is 1.17. The van der Waals surface area contributed by atoms with Crippen LogP contribution in [0.1, 0.15) is 22.0 Å². The van der Waals surface area contributed by atoms with Crippen molar-refractivity contribution in [1.29, 1.82) is 0 Å². The van der Waals surface area contributed by atoms with Gasteiger partial charge in [0, 0.05) is 11.3 Å². The second kappa shape index (κ2) is 7.17. The highest BCUT2D eigenvalue weighted by Gasteiger charge is 2.10. The van der Waals surface area contributed by atoms with E-state index in [-0.39, 0.29) is 18.0 Å². The maximum Gasteiger partial charge on any atom is 0.303 e. The number of benzene rings is 1. The minimum Gasteiger partial charge on any atom is -0.490 e. The molecule has 0 aliphatic heterocycles. The van der Waals surface area contributed by atoms with Gasteiger partial charge in [0.1, 0.15) is 0 Å². The minimum atomic E-state index is -0.813. The van der Waals surface area contributed by atoms with Crippen LogP contribution in [0.15, 0.2) is 24.3 Å². The van der Waals surface area contributed by atoms with Gasteiger partial charge < -0.3 is 9.84 Å². The first kappa shape index (κ1) is 15.4. The number of halogens is 1. The van der Waals surface area contributed by atoms with E-state index in [9.17, 15) is 9.18 Å². The lowest BCUT2D eigenvalue weighted by Gasteiger charge is -2.05. The third kappa shape index (κ3) is 4.53. The molecule has 0 saturated heterocycles. The first-order chi connectivity index (χ1) is 10.1. The van der Waals surface area contributed by atoms with Crippen LogP contribution in [0.5, 0.6) is 5.75 Å². The van der Waals surface area contributed by atoms with Crippen LogP contribution in [0.3, 0.4) is 0 Å². The van der Waals surface area contributed by atoms with Crippen molar-refractivity contribution in [2.75, 3.05) is 6.61 Å². The molecule has 6 heteroatoms. The number of aromatic nitrogens is 1. The number of hydrogen-bond donors (Lipinski definition) is 1. The standard InChI is InChI=1S/C15H16FNO3S/c1-10-13(6-7-15(18)19)21-14(17-10)8-9-20-12-5-3-2-4-11(12)16/h2-5H,6-9H2,1H3,(H,18,19). The third-order valence-electron chi connectivity index (χ3n) is 2.91. The van der Waals surface area contributed by atoms with Crippen molar-refractivity contribution in [2.24, 2.45) is 0 Å². The second-order valence-electron chi connectivity index (χ2n) is 4.54. The van der Waals surface area contributed by atoms with Crippen LogP contribution < -0.4 is 4.74 Å². The van der Waals surface area contributed by atoms with E-state index in [0.29, 0.717) is 19.4 Å². The van der Waals surface area contributed by atoms with Crippen LogP contribution in [-0.4, -0.2) is 22.7 Å². The Balaban J connectivity index is 1.87. The van der Waals surface area contributed by atoms with Crippen LogP contribution >= 0.6 is 11.3 Å². The highest BCUT2D eigenvalue weighted by Crippen LogP contribution is 2.21. The predicted octanol–water partition coefficient (Wildman–Crippen LogP) is 3.23. The van der Waals surface area contributed by atoms with Crippen molar-refractivity contribution in [1.82, 2.24) is 4.98 Å². The molecule has 0 atom stereocenters. The van der Waals surface area contributed by atoms with Crippen molar-refractivity contribution < 1.29 is 19.0 Å². The van der Waals surface area contributed by atoms with Crippen LogP contribution in [0.4, 0.5) is 4.39 Å². The predicted molar refractivity (Wildman–Crippen MR) is 78.4 cm³/mol. The normalized spacial score (nSPS) is 10.6. The molecular weight excluding hydrogens is 293 g/mol. The number of ether oxygens (including phenoxy) is 1. The number of carboxylic acids is 1. The first-order valence-electron chi connectivity index (χ1n) is 6.60. The van der Waals surface area contributed by atoms with Crippen molar-refractivity contribution in [3.63, 3.8) is 0 Å². The fourth-order valence-corrected chi connectivity index (χ4v) is 2.91. The fourth-order valence-electron chi connectivity index (χ4n) is 1.86. The van der Waals surface area contributed by atoms with Gasteiger partial charge in [0.2, 0.25) is 0 Å². The van der Waals surface area contributed by atoms with Crippen LogP contribution in [0, 0.1) is 12.7 Å². The number of aliphatic carboxylic acids is 1. The molecule has 0 fully saturated rings. The molecule has 2 aromatic rings. The van der Waals surface area contributed by atoms with E-state index >= 15 is 0 Å². The van der Waals surface area contributed by atoms with Gasteiger partial charge >= 0.3 is 5.97 Å². The Morgan fingerprint density at radius 2 is 2.14 bits per heavy atom. The average molecular weight is 309 g/mol. The van der Waals surface area contributed by atoms with Crippen LogP contribution in [0.2, 0.25) is 0 Å². The summed E-state index contributed by atoms with van der Waals surface area (Å²) in [6, 6.07) is 6.27. The van der Waals surface area contributed by atoms with E-state index in [0.717, 1.165) is 15.6 Å². The van der Waals surface area contributed by atoms with E-state index in [4.69, 9.17) is 9.84 Å². The molecule has 21 heavy (non-hydrogen) atoms. The summed E-state index contributed by atoms with van der Waals surface area (Å²) < 4.78 is 18.8. The lowest BCUT2D eigenvalue weighted by Crippen LogP contribution is -2.02. The Labute approximate surface area is 126 Å². The van der Waals surface area contributed by atoms with E-state index < -0.39 is 5.97 Å². The molecule has 1 N–H and O–H groups in total. The molecule has 2 rings (SSSR count). The second-order valence-corrected chi connectivity index (χ2v) is 5.71. The van der Waals surface area contributed by atoms with Gasteiger partial charge in [-0.2, -0.15) is 0 Å². The Kier molecular flexibility index (Phi) is 5.27. The number of carboxylic acid groups (broad SMARTS) is 1. The van der Waals surface area contributed by atoms with Crippen molar-refractivity contribution in [2.45, 2.75) is 26.2 Å². The van der Waals surface area contributed by atoms with Crippen LogP contribution in [0.25, 0.3) is 0 Å². The highest BCUT2D eigenvalue weighted by atomic mass is 32.1. The average Bonchev–Trinajstić information content (AvgIpc) is 2.79. The number of carbonyl (C=O) groups is 1. The quantitative estimate of drug-likeness (QED) is 0.853. The largest absolute Gasteiger partial charge is 0.490 e. The summed E-state index contributed by atoms with van der Waals surface area (Å²) in [5.41, 5.74) is 0.863. The fraction of sp³-hybridized carbons (Fsp3) is 0.333. The molecular formula is C15H16FNO3S. The monoisotopic (exact) mass is 309 g/mol. The lowest BCUT2D eigenvalue weighted by molar-refractivity contribution is -0.136. The molecule has 0 spiro atoms. The summed E-state index contributed by atoms with van der Waals surface area (Å²) in [6.45, 7) is 2.21. The maximum absolute atomic E-state index is 13.4. The Morgan fingerprint density at radius 3 is 2.86 bits per heavy atom. The molecule has 0 saturated carbocycles. The summed E-state index contributed by atoms with van der Waals surface area (Å²) in [5, 5.41) is 9.57. The van der Waals surface area contributed by atoms with Crippen molar-refractivity contribution >= 4 is 17.3 Å². The number of thiazole rings is 1. The molecule has 112 valence electrons. The van der Waals surface area contributed by atoms with Gasteiger partial charge in [-0.05, 0) is 25.5 Å². The van der Waals surface area contributed by atoms with Gasteiger partial charge in [-0.15, -0.1) is 11.3 Å². The smallest absolute Gasteiger partial charge is 0.303 e. The molecule has 1 aromatic carbocycles. The number of nitrogens with zero attached hydrogens (tertiary/aromatic N) is 1. The molecule has 4 nitrogen and oxygen atoms in total. The first-order valence-corrected chi connectivity index (χ1v) is 7.42. The Bertz CT molecular complexity index is 627. The zero-order valence-corrected chi connectivity index (χ0v) is 12.5. The topological polar surface area (TPSA) is 59.4 Å². The van der Waals surface area contributed by atoms with Gasteiger partial charge in [0.15, 0.2) is 11.6 Å². The molecule has 1 heterocycles. The summed E-state index contributed by atoms with van der Waals surface area (Å²) in [7, 11) is 0. The van der Waals surface area contributed by atoms with Crippen LogP contribution in [-0.2, 0) is 17.6 Å². The summed E-state index contributed by atoms with van der Waals surface area (Å²) in [5.74, 6) is -0.959. The zero-order chi connectivity index (χ0) is 15.2. The molecule has 0 unspecified atom stereocenters. The number of rotatable bonds is 7. The van der Waals surface area contributed by atoms with Crippen molar-refractivity contribution in [3.05, 3.63) is 45.7 Å². The Hall–Kier alpha value is -1.95. The molecule has 0 bridgehead atoms. The summed E-state index contributed by atoms with van der Waals surface area (Å²) >= 11 is 1.49. The molecule has 1 aromatic heterocycles. The van der Waals surface area contributed by atoms with E-state index in [2.05, 4.69) is 4.98 Å².